The van der Waals surface area contributed by atoms with Gasteiger partial charge < -0.3 is 10.2 Å². The molecule has 0 saturated carbocycles. The van der Waals surface area contributed by atoms with E-state index in [9.17, 15) is 32.8 Å². The number of amides is 3. The topological polar surface area (TPSA) is 93.5 Å². The van der Waals surface area contributed by atoms with E-state index < -0.39 is 35.5 Å². The van der Waals surface area contributed by atoms with E-state index in [0.717, 1.165) is 17.0 Å². The molecular formula is C24H21F3N4O3. The number of nitrogens with zero attached hydrogens (tertiary/aromatic N) is 3. The summed E-state index contributed by atoms with van der Waals surface area (Å²) in [4.78, 5) is 41.0. The van der Waals surface area contributed by atoms with Crippen LogP contribution in [0.2, 0.25) is 0 Å². The smallest absolute Gasteiger partial charge is 0.355 e. The number of allylic oxidation sites excluding steroid dienone is 1. The van der Waals surface area contributed by atoms with Crippen LogP contribution in [0.3, 0.4) is 0 Å². The van der Waals surface area contributed by atoms with Crippen molar-refractivity contribution in [1.82, 2.24) is 10.2 Å². The average Bonchev–Trinajstić information content (AvgIpc) is 2.79. The number of hydrogen-bond acceptors (Lipinski definition) is 4. The molecule has 2 aromatic carbocycles. The molecular weight excluding hydrogens is 449 g/mol. The lowest BCUT2D eigenvalue weighted by Crippen LogP contribution is -2.49. The Morgan fingerprint density at radius 1 is 1.15 bits per heavy atom. The number of rotatable bonds is 4. The standard InChI is InChI=1S/C24H21F3N4O3/c1-13-20(14(2)32)21(18-9-8-15(12-28)10-19(18)22(33)29-3)30(4)23(34)31(13)17-7-5-6-16(11-17)24(25,26)27/h5-11,21H,1-4H3,(H,29,33)/t21-/m1/s1. The number of Topliss-reactive ketones (excluding diaryl/α,β-unsaturated/α-hetero) is 1. The number of benzene rings is 2. The fourth-order valence-electron chi connectivity index (χ4n) is 4.06. The third-order valence-corrected chi connectivity index (χ3v) is 5.64. The predicted octanol–water partition coefficient (Wildman–Crippen LogP) is 4.41. The van der Waals surface area contributed by atoms with E-state index in [4.69, 9.17) is 0 Å². The average molecular weight is 470 g/mol. The Kier molecular flexibility index (Phi) is 6.50. The van der Waals surface area contributed by atoms with E-state index in [1.165, 1.54) is 63.2 Å². The first kappa shape index (κ1) is 24.5. The highest BCUT2D eigenvalue weighted by Crippen LogP contribution is 2.41. The van der Waals surface area contributed by atoms with Crippen LogP contribution in [0.1, 0.15) is 46.9 Å². The van der Waals surface area contributed by atoms with Gasteiger partial charge in [0.15, 0.2) is 5.78 Å². The Morgan fingerprint density at radius 2 is 1.82 bits per heavy atom. The molecule has 1 aliphatic heterocycles. The highest BCUT2D eigenvalue weighted by Gasteiger charge is 2.41. The Bertz CT molecular complexity index is 1260. The first-order valence-corrected chi connectivity index (χ1v) is 10.1. The molecule has 0 unspecified atom stereocenters. The van der Waals surface area contributed by atoms with Gasteiger partial charge in [0.2, 0.25) is 0 Å². The molecule has 1 heterocycles. The van der Waals surface area contributed by atoms with E-state index in [0.29, 0.717) is 5.56 Å². The second-order valence-corrected chi connectivity index (χ2v) is 7.73. The number of urea groups is 1. The van der Waals surface area contributed by atoms with Crippen molar-refractivity contribution in [2.24, 2.45) is 0 Å². The lowest BCUT2D eigenvalue weighted by atomic mass is 9.87. The van der Waals surface area contributed by atoms with Gasteiger partial charge in [-0.15, -0.1) is 0 Å². The maximum Gasteiger partial charge on any atom is 0.416 e. The summed E-state index contributed by atoms with van der Waals surface area (Å²) in [5, 5.41) is 11.7. The summed E-state index contributed by atoms with van der Waals surface area (Å²) in [6, 6.07) is 8.85. The Balaban J connectivity index is 2.26. The molecule has 1 N–H and O–H groups in total. The fourth-order valence-corrected chi connectivity index (χ4v) is 4.06. The Hall–Kier alpha value is -4.13. The second kappa shape index (κ2) is 9.02. The molecule has 0 bridgehead atoms. The van der Waals surface area contributed by atoms with Crippen LogP contribution in [0.15, 0.2) is 53.7 Å². The first-order chi connectivity index (χ1) is 15.9. The minimum Gasteiger partial charge on any atom is -0.355 e. The number of anilines is 1. The van der Waals surface area contributed by atoms with Crippen LogP contribution in [-0.2, 0) is 11.0 Å². The molecule has 0 fully saturated rings. The second-order valence-electron chi connectivity index (χ2n) is 7.73. The van der Waals surface area contributed by atoms with Crippen LogP contribution < -0.4 is 10.2 Å². The number of halogens is 3. The molecule has 1 aliphatic rings. The minimum atomic E-state index is -4.62. The fraction of sp³-hybridized carbons (Fsp3) is 0.250. The maximum absolute atomic E-state index is 13.4. The summed E-state index contributed by atoms with van der Waals surface area (Å²) < 4.78 is 39.8. The maximum atomic E-state index is 13.4. The number of hydrogen-bond donors (Lipinski definition) is 1. The number of carbonyl (C=O) groups excluding carboxylic acids is 3. The molecule has 3 rings (SSSR count). The van der Waals surface area contributed by atoms with Crippen molar-refractivity contribution in [2.75, 3.05) is 19.0 Å². The molecule has 0 radical (unpaired) electrons. The van der Waals surface area contributed by atoms with Gasteiger partial charge in [-0.05, 0) is 49.7 Å². The van der Waals surface area contributed by atoms with E-state index >= 15 is 0 Å². The molecule has 10 heteroatoms. The van der Waals surface area contributed by atoms with Gasteiger partial charge in [0.25, 0.3) is 5.91 Å². The van der Waals surface area contributed by atoms with Crippen molar-refractivity contribution in [3.05, 3.63) is 76.0 Å². The molecule has 7 nitrogen and oxygen atoms in total. The van der Waals surface area contributed by atoms with Crippen molar-refractivity contribution in [1.29, 1.82) is 5.26 Å². The van der Waals surface area contributed by atoms with Crippen molar-refractivity contribution < 1.29 is 27.6 Å². The van der Waals surface area contributed by atoms with Gasteiger partial charge in [-0.3, -0.25) is 14.5 Å². The largest absolute Gasteiger partial charge is 0.416 e. The number of carbonyl (C=O) groups is 3. The monoisotopic (exact) mass is 470 g/mol. The number of nitriles is 1. The van der Waals surface area contributed by atoms with E-state index in [2.05, 4.69) is 5.32 Å². The molecule has 34 heavy (non-hydrogen) atoms. The van der Waals surface area contributed by atoms with Gasteiger partial charge in [-0.1, -0.05) is 12.1 Å². The molecule has 0 aromatic heterocycles. The molecule has 2 aromatic rings. The van der Waals surface area contributed by atoms with Crippen molar-refractivity contribution in [2.45, 2.75) is 26.1 Å². The molecule has 3 amide bonds. The highest BCUT2D eigenvalue weighted by molar-refractivity contribution is 6.06. The van der Waals surface area contributed by atoms with Gasteiger partial charge in [0, 0.05) is 30.9 Å². The number of likely N-dealkylation sites (N-methyl/N-ethyl adjacent to an activating group) is 1. The zero-order valence-corrected chi connectivity index (χ0v) is 18.8. The lowest BCUT2D eigenvalue weighted by molar-refractivity contribution is -0.137. The summed E-state index contributed by atoms with van der Waals surface area (Å²) >= 11 is 0. The highest BCUT2D eigenvalue weighted by atomic mass is 19.4. The van der Waals surface area contributed by atoms with E-state index in [-0.39, 0.29) is 28.1 Å². The number of alkyl halides is 3. The molecule has 0 spiro atoms. The van der Waals surface area contributed by atoms with Crippen LogP contribution >= 0.6 is 0 Å². The van der Waals surface area contributed by atoms with Crippen LogP contribution in [0.5, 0.6) is 0 Å². The number of nitrogens with one attached hydrogen (secondary N) is 1. The van der Waals surface area contributed by atoms with Gasteiger partial charge in [0.05, 0.1) is 28.9 Å². The van der Waals surface area contributed by atoms with Crippen LogP contribution in [0.25, 0.3) is 0 Å². The minimum absolute atomic E-state index is 0.0484. The third kappa shape index (κ3) is 4.24. The van der Waals surface area contributed by atoms with Crippen LogP contribution in [0, 0.1) is 11.3 Å². The molecule has 176 valence electrons. The van der Waals surface area contributed by atoms with Gasteiger partial charge in [-0.2, -0.15) is 18.4 Å². The molecule has 0 aliphatic carbocycles. The molecule has 1 atom stereocenters. The summed E-state index contributed by atoms with van der Waals surface area (Å²) in [5.74, 6) is -0.945. The summed E-state index contributed by atoms with van der Waals surface area (Å²) in [6.45, 7) is 2.75. The van der Waals surface area contributed by atoms with Crippen molar-refractivity contribution in [3.8, 4) is 6.07 Å². The quantitative estimate of drug-likeness (QED) is 0.716. The van der Waals surface area contributed by atoms with Gasteiger partial charge in [0.1, 0.15) is 0 Å². The van der Waals surface area contributed by atoms with E-state index in [1.807, 2.05) is 6.07 Å². The predicted molar refractivity (Wildman–Crippen MR) is 118 cm³/mol. The lowest BCUT2D eigenvalue weighted by Gasteiger charge is -2.41. The van der Waals surface area contributed by atoms with Crippen LogP contribution in [-0.4, -0.2) is 36.7 Å². The number of ketones is 1. The Labute approximate surface area is 194 Å². The zero-order chi connectivity index (χ0) is 25.4. The zero-order valence-electron chi connectivity index (χ0n) is 18.8. The van der Waals surface area contributed by atoms with Crippen molar-refractivity contribution in [3.63, 3.8) is 0 Å². The summed E-state index contributed by atoms with van der Waals surface area (Å²) in [6.07, 6.45) is -4.62. The SMILES string of the molecule is CNC(=O)c1cc(C#N)ccc1[C@@H]1C(C(C)=O)=C(C)N(c2cccc(C(F)(F)F)c2)C(=O)N1C. The summed E-state index contributed by atoms with van der Waals surface area (Å²) in [5.41, 5.74) is -0.0847. The van der Waals surface area contributed by atoms with Gasteiger partial charge >= 0.3 is 12.2 Å². The first-order valence-electron chi connectivity index (χ1n) is 10.1. The normalized spacial score (nSPS) is 16.4. The third-order valence-electron chi connectivity index (χ3n) is 5.64. The Morgan fingerprint density at radius 3 is 2.38 bits per heavy atom. The van der Waals surface area contributed by atoms with Crippen LogP contribution in [0.4, 0.5) is 23.7 Å². The summed E-state index contributed by atoms with van der Waals surface area (Å²) in [7, 11) is 2.80. The van der Waals surface area contributed by atoms with Crippen molar-refractivity contribution >= 4 is 23.4 Å². The molecule has 0 saturated heterocycles. The van der Waals surface area contributed by atoms with Gasteiger partial charge in [-0.25, -0.2) is 4.79 Å². The van der Waals surface area contributed by atoms with E-state index in [1.54, 1.807) is 0 Å².